The van der Waals surface area contributed by atoms with E-state index in [1.807, 2.05) is 24.0 Å². The number of likely N-dealkylation sites (tertiary alicyclic amines) is 1. The zero-order chi connectivity index (χ0) is 18.0. The van der Waals surface area contributed by atoms with Gasteiger partial charge in [-0.15, -0.1) is 5.10 Å². The summed E-state index contributed by atoms with van der Waals surface area (Å²) in [6.07, 6.45) is 3.59. The maximum atomic E-state index is 12.9. The van der Waals surface area contributed by atoms with Crippen molar-refractivity contribution in [3.8, 4) is 0 Å². The van der Waals surface area contributed by atoms with Crippen LogP contribution in [0.3, 0.4) is 0 Å². The number of aryl methyl sites for hydroxylation is 2. The van der Waals surface area contributed by atoms with E-state index in [4.69, 9.17) is 0 Å². The van der Waals surface area contributed by atoms with Gasteiger partial charge >= 0.3 is 0 Å². The van der Waals surface area contributed by atoms with E-state index >= 15 is 0 Å². The van der Waals surface area contributed by atoms with E-state index in [1.54, 1.807) is 6.20 Å². The van der Waals surface area contributed by atoms with Crippen LogP contribution in [0.4, 0.5) is 5.82 Å². The van der Waals surface area contributed by atoms with Crippen molar-refractivity contribution in [2.24, 2.45) is 0 Å². The first-order chi connectivity index (χ1) is 12.0. The van der Waals surface area contributed by atoms with Crippen LogP contribution >= 0.6 is 0 Å². The Hall–Kier alpha value is -2.37. The van der Waals surface area contributed by atoms with Crippen LogP contribution in [0.15, 0.2) is 30.5 Å². The molecule has 2 aromatic rings. The molecule has 6 heteroatoms. The van der Waals surface area contributed by atoms with Gasteiger partial charge in [-0.2, -0.15) is 5.10 Å². The first kappa shape index (κ1) is 17.5. The number of aromatic nitrogens is 3. The molecule has 0 spiro atoms. The standard InChI is InChI=1S/C19H27N5O/c1-14-7-8-15(2)24(14)16(3)19(25)23-12-9-17(10-13-23)22(4)18-6-5-11-20-21-18/h5-8,11,16-17H,9-10,12-13H2,1-4H3. The molecule has 0 bridgehead atoms. The van der Waals surface area contributed by atoms with Crippen molar-refractivity contribution in [1.82, 2.24) is 19.7 Å². The predicted molar refractivity (Wildman–Crippen MR) is 98.7 cm³/mol. The van der Waals surface area contributed by atoms with Gasteiger partial charge in [0, 0.05) is 43.8 Å². The number of anilines is 1. The lowest BCUT2D eigenvalue weighted by atomic mass is 10.0. The smallest absolute Gasteiger partial charge is 0.245 e. The highest BCUT2D eigenvalue weighted by Crippen LogP contribution is 2.23. The van der Waals surface area contributed by atoms with E-state index in [-0.39, 0.29) is 11.9 Å². The predicted octanol–water partition coefficient (Wildman–Crippen LogP) is 2.58. The van der Waals surface area contributed by atoms with Crippen LogP contribution < -0.4 is 4.90 Å². The van der Waals surface area contributed by atoms with Gasteiger partial charge in [0.15, 0.2) is 5.82 Å². The van der Waals surface area contributed by atoms with Crippen molar-refractivity contribution in [2.45, 2.75) is 45.7 Å². The monoisotopic (exact) mass is 341 g/mol. The number of hydrogen-bond acceptors (Lipinski definition) is 4. The summed E-state index contributed by atoms with van der Waals surface area (Å²) in [7, 11) is 2.06. The summed E-state index contributed by atoms with van der Waals surface area (Å²) < 4.78 is 2.13. The molecular formula is C19H27N5O. The van der Waals surface area contributed by atoms with Gasteiger partial charge in [-0.3, -0.25) is 4.79 Å². The number of nitrogens with zero attached hydrogens (tertiary/aromatic N) is 5. The topological polar surface area (TPSA) is 54.3 Å². The molecular weight excluding hydrogens is 314 g/mol. The van der Waals surface area contributed by atoms with Gasteiger partial charge in [-0.25, -0.2) is 0 Å². The van der Waals surface area contributed by atoms with Crippen molar-refractivity contribution in [2.75, 3.05) is 25.0 Å². The molecule has 25 heavy (non-hydrogen) atoms. The van der Waals surface area contributed by atoms with Crippen LogP contribution in [-0.4, -0.2) is 51.8 Å². The van der Waals surface area contributed by atoms with Crippen LogP contribution in [0.2, 0.25) is 0 Å². The summed E-state index contributed by atoms with van der Waals surface area (Å²) in [5, 5.41) is 8.13. The first-order valence-corrected chi connectivity index (χ1v) is 8.92. The minimum absolute atomic E-state index is 0.149. The second-order valence-electron chi connectivity index (χ2n) is 6.91. The van der Waals surface area contributed by atoms with E-state index in [0.29, 0.717) is 6.04 Å². The van der Waals surface area contributed by atoms with Gasteiger partial charge in [0.2, 0.25) is 5.91 Å². The fourth-order valence-electron chi connectivity index (χ4n) is 3.81. The zero-order valence-electron chi connectivity index (χ0n) is 15.5. The van der Waals surface area contributed by atoms with Gasteiger partial charge in [0.05, 0.1) is 0 Å². The van der Waals surface area contributed by atoms with Gasteiger partial charge < -0.3 is 14.4 Å². The second-order valence-corrected chi connectivity index (χ2v) is 6.91. The van der Waals surface area contributed by atoms with Gasteiger partial charge in [0.25, 0.3) is 0 Å². The molecule has 0 N–H and O–H groups in total. The van der Waals surface area contributed by atoms with Crippen LogP contribution in [0.25, 0.3) is 0 Å². The minimum Gasteiger partial charge on any atom is -0.355 e. The lowest BCUT2D eigenvalue weighted by molar-refractivity contribution is -0.135. The number of rotatable bonds is 4. The second kappa shape index (κ2) is 7.25. The van der Waals surface area contributed by atoms with Crippen molar-refractivity contribution >= 4 is 11.7 Å². The molecule has 1 aliphatic heterocycles. The van der Waals surface area contributed by atoms with Crippen molar-refractivity contribution in [3.05, 3.63) is 41.9 Å². The molecule has 1 fully saturated rings. The Balaban J connectivity index is 1.61. The lowest BCUT2D eigenvalue weighted by Crippen LogP contribution is -2.47. The highest BCUT2D eigenvalue weighted by molar-refractivity contribution is 5.80. The van der Waals surface area contributed by atoms with Gasteiger partial charge in [-0.1, -0.05) is 0 Å². The Morgan fingerprint density at radius 3 is 2.40 bits per heavy atom. The van der Waals surface area contributed by atoms with Crippen LogP contribution in [0.1, 0.15) is 37.2 Å². The van der Waals surface area contributed by atoms with Crippen LogP contribution in [-0.2, 0) is 4.79 Å². The molecule has 134 valence electrons. The molecule has 0 saturated carbocycles. The van der Waals surface area contributed by atoms with E-state index < -0.39 is 0 Å². The normalized spacial score (nSPS) is 16.7. The lowest BCUT2D eigenvalue weighted by Gasteiger charge is -2.38. The summed E-state index contributed by atoms with van der Waals surface area (Å²) in [6.45, 7) is 7.69. The van der Waals surface area contributed by atoms with E-state index in [1.165, 1.54) is 0 Å². The maximum Gasteiger partial charge on any atom is 0.245 e. The number of piperidine rings is 1. The Morgan fingerprint density at radius 2 is 1.84 bits per heavy atom. The summed E-state index contributed by atoms with van der Waals surface area (Å²) in [4.78, 5) is 17.1. The molecule has 2 aromatic heterocycles. The Kier molecular flexibility index (Phi) is 5.06. The van der Waals surface area contributed by atoms with Gasteiger partial charge in [0.1, 0.15) is 6.04 Å². The fraction of sp³-hybridized carbons (Fsp3) is 0.526. The van der Waals surface area contributed by atoms with E-state index in [0.717, 1.165) is 43.1 Å². The third-order valence-corrected chi connectivity index (χ3v) is 5.31. The SMILES string of the molecule is Cc1ccc(C)n1C(C)C(=O)N1CCC(N(C)c2cccnn2)CC1. The molecule has 3 rings (SSSR count). The molecule has 1 aliphatic rings. The molecule has 0 radical (unpaired) electrons. The first-order valence-electron chi connectivity index (χ1n) is 8.92. The molecule has 1 atom stereocenters. The summed E-state index contributed by atoms with van der Waals surface area (Å²) in [5.41, 5.74) is 2.27. The highest BCUT2D eigenvalue weighted by atomic mass is 16.2. The number of carbonyl (C=O) groups excluding carboxylic acids is 1. The van der Waals surface area contributed by atoms with Crippen LogP contribution in [0, 0.1) is 13.8 Å². The summed E-state index contributed by atoms with van der Waals surface area (Å²) in [5.74, 6) is 1.10. The molecule has 0 aliphatic carbocycles. The van der Waals surface area contributed by atoms with Crippen molar-refractivity contribution in [3.63, 3.8) is 0 Å². The fourth-order valence-corrected chi connectivity index (χ4v) is 3.81. The zero-order valence-corrected chi connectivity index (χ0v) is 15.5. The molecule has 1 saturated heterocycles. The van der Waals surface area contributed by atoms with Gasteiger partial charge in [-0.05, 0) is 57.9 Å². The van der Waals surface area contributed by atoms with E-state index in [9.17, 15) is 4.79 Å². The highest BCUT2D eigenvalue weighted by Gasteiger charge is 2.29. The number of carbonyl (C=O) groups is 1. The Labute approximate surface area is 149 Å². The number of amides is 1. The summed E-state index contributed by atoms with van der Waals surface area (Å²) >= 11 is 0. The molecule has 1 amide bonds. The molecule has 6 nitrogen and oxygen atoms in total. The van der Waals surface area contributed by atoms with Crippen molar-refractivity contribution < 1.29 is 4.79 Å². The Bertz CT molecular complexity index is 699. The Morgan fingerprint density at radius 1 is 1.20 bits per heavy atom. The maximum absolute atomic E-state index is 12.9. The molecule has 0 aromatic carbocycles. The average molecular weight is 341 g/mol. The quantitative estimate of drug-likeness (QED) is 0.858. The molecule has 1 unspecified atom stereocenters. The van der Waals surface area contributed by atoms with Crippen LogP contribution in [0.5, 0.6) is 0 Å². The third-order valence-electron chi connectivity index (χ3n) is 5.31. The average Bonchev–Trinajstić information content (AvgIpc) is 2.99. The largest absolute Gasteiger partial charge is 0.355 e. The van der Waals surface area contributed by atoms with E-state index in [2.05, 4.69) is 52.7 Å². The summed E-state index contributed by atoms with van der Waals surface area (Å²) in [6, 6.07) is 8.27. The number of hydrogen-bond donors (Lipinski definition) is 0. The molecule has 3 heterocycles. The third kappa shape index (κ3) is 3.52. The van der Waals surface area contributed by atoms with Crippen molar-refractivity contribution in [1.29, 1.82) is 0 Å². The minimum atomic E-state index is -0.149.